The summed E-state index contributed by atoms with van der Waals surface area (Å²) in [5.74, 6) is 0. The Morgan fingerprint density at radius 3 is 2.00 bits per heavy atom. The molecule has 23 valence electrons. The van der Waals surface area contributed by atoms with Crippen LogP contribution < -0.4 is 0 Å². The number of hydrogen-bond acceptors (Lipinski definition) is 0. The van der Waals surface area contributed by atoms with E-state index in [1.807, 2.05) is 0 Å². The highest BCUT2D eigenvalue weighted by Crippen LogP contribution is 2.16. The molecule has 0 aromatic rings. The van der Waals surface area contributed by atoms with E-state index >= 15 is 0 Å². The van der Waals surface area contributed by atoms with Gasteiger partial charge in [0.15, 0.2) is 7.28 Å². The molecule has 0 saturated heterocycles. The van der Waals surface area contributed by atoms with Crippen molar-refractivity contribution in [2.24, 2.45) is 0 Å². The lowest BCUT2D eigenvalue weighted by atomic mass is 9.87. The lowest BCUT2D eigenvalue weighted by Crippen LogP contribution is -1.81. The van der Waals surface area contributed by atoms with Crippen molar-refractivity contribution in [3.8, 4) is 0 Å². The highest BCUT2D eigenvalue weighted by Gasteiger charge is 1.78. The summed E-state index contributed by atoms with van der Waals surface area (Å²) in [5.41, 5.74) is 4.28. The molecule has 0 nitrogen and oxygen atoms in total. The quantitative estimate of drug-likeness (QED) is 0.314. The predicted octanol–water partition coefficient (Wildman–Crippen LogP) is 1.03. The van der Waals surface area contributed by atoms with Crippen molar-refractivity contribution in [2.45, 2.75) is 0 Å². The van der Waals surface area contributed by atoms with Crippen LogP contribution in [0.5, 0.6) is 0 Å². The first-order valence-electron chi connectivity index (χ1n) is 1.38. The standard InChI is InChI=1S/C2H2BP2/c1-3-2-5-4-1/h1-2H. The topological polar surface area (TPSA) is 0 Å². The third-order valence-corrected chi connectivity index (χ3v) is 2.32. The summed E-state index contributed by atoms with van der Waals surface area (Å²) >= 11 is 0. The van der Waals surface area contributed by atoms with Crippen LogP contribution in [0.15, 0.2) is 0 Å². The molecule has 1 rings (SSSR count). The van der Waals surface area contributed by atoms with Crippen LogP contribution in [-0.4, -0.2) is 18.7 Å². The molecular weight excluding hydrogens is 96.8 g/mol. The molecule has 0 spiro atoms. The molecule has 0 unspecified atom stereocenters. The second-order valence-electron chi connectivity index (χ2n) is 0.722. The van der Waals surface area contributed by atoms with Gasteiger partial charge in [0.25, 0.3) is 0 Å². The zero-order valence-corrected chi connectivity index (χ0v) is 4.42. The zero-order chi connectivity index (χ0) is 3.54. The van der Waals surface area contributed by atoms with Crippen molar-refractivity contribution in [1.29, 1.82) is 0 Å². The van der Waals surface area contributed by atoms with Crippen molar-refractivity contribution in [3.63, 3.8) is 0 Å². The summed E-state index contributed by atoms with van der Waals surface area (Å²) < 4.78 is 0. The average molecular weight is 98.8 g/mol. The van der Waals surface area contributed by atoms with Gasteiger partial charge in [-0.3, -0.25) is 0 Å². The molecule has 0 fully saturated rings. The molecule has 0 aromatic carbocycles. The third kappa shape index (κ3) is 0.872. The van der Waals surface area contributed by atoms with Crippen LogP contribution in [-0.2, 0) is 0 Å². The van der Waals surface area contributed by atoms with Gasteiger partial charge in [-0.15, -0.1) is 0 Å². The first-order chi connectivity index (χ1) is 2.50. The van der Waals surface area contributed by atoms with Gasteiger partial charge in [0.1, 0.15) is 0 Å². The smallest absolute Gasteiger partial charge is 0.0856 e. The van der Waals surface area contributed by atoms with Gasteiger partial charge >= 0.3 is 0 Å². The van der Waals surface area contributed by atoms with Crippen molar-refractivity contribution in [1.82, 2.24) is 0 Å². The maximum Gasteiger partial charge on any atom is 0.184 e. The Hall–Kier alpha value is 0.405. The van der Waals surface area contributed by atoms with E-state index in [1.54, 1.807) is 0 Å². The highest BCUT2D eigenvalue weighted by molar-refractivity contribution is 8.14. The van der Waals surface area contributed by atoms with E-state index in [2.05, 4.69) is 18.7 Å². The van der Waals surface area contributed by atoms with Gasteiger partial charge in [-0.2, -0.15) is 0 Å². The van der Waals surface area contributed by atoms with Crippen LogP contribution in [0.1, 0.15) is 0 Å². The predicted molar refractivity (Wildman–Crippen MR) is 31.7 cm³/mol. The lowest BCUT2D eigenvalue weighted by Gasteiger charge is -1.49. The van der Waals surface area contributed by atoms with Crippen LogP contribution in [0.25, 0.3) is 0 Å². The van der Waals surface area contributed by atoms with E-state index in [9.17, 15) is 0 Å². The molecule has 5 heavy (non-hydrogen) atoms. The van der Waals surface area contributed by atoms with Crippen LogP contribution in [0.4, 0.5) is 0 Å². The Bertz CT molecular complexity index is 65.7. The van der Waals surface area contributed by atoms with Gasteiger partial charge in [-0.05, 0) is 0 Å². The number of rotatable bonds is 0. The van der Waals surface area contributed by atoms with Gasteiger partial charge in [0.2, 0.25) is 0 Å². The van der Waals surface area contributed by atoms with Crippen molar-refractivity contribution in [2.75, 3.05) is 0 Å². The van der Waals surface area contributed by atoms with Gasteiger partial charge in [0, 0.05) is 0 Å². The van der Waals surface area contributed by atoms with Crippen LogP contribution in [0.2, 0.25) is 0 Å². The van der Waals surface area contributed by atoms with E-state index in [0.717, 1.165) is 0 Å². The van der Waals surface area contributed by atoms with Crippen molar-refractivity contribution < 1.29 is 0 Å². The minimum Gasteiger partial charge on any atom is -0.0856 e. The highest BCUT2D eigenvalue weighted by atomic mass is 32.0. The van der Waals surface area contributed by atoms with E-state index in [0.29, 0.717) is 0 Å². The Balaban J connectivity index is 2.61. The summed E-state index contributed by atoms with van der Waals surface area (Å²) in [7, 11) is 4.94. The molecule has 3 heteroatoms. The van der Waals surface area contributed by atoms with Crippen LogP contribution in [0, 0.1) is 0 Å². The van der Waals surface area contributed by atoms with Crippen molar-refractivity contribution in [3.05, 3.63) is 0 Å². The molecule has 0 aliphatic carbocycles. The fourth-order valence-electron chi connectivity index (χ4n) is 0.192. The SMILES string of the molecule is [B]1C=PP=C1. The van der Waals surface area contributed by atoms with Crippen molar-refractivity contribution >= 4 is 34.5 Å². The third-order valence-electron chi connectivity index (χ3n) is 0.372. The van der Waals surface area contributed by atoms with Gasteiger partial charge in [-0.25, -0.2) is 0 Å². The lowest BCUT2D eigenvalue weighted by molar-refractivity contribution is 3.84. The monoisotopic (exact) mass is 99.0 g/mol. The maximum atomic E-state index is 2.14. The molecular formula is C2H2BP2. The zero-order valence-electron chi connectivity index (χ0n) is 2.63. The summed E-state index contributed by atoms with van der Waals surface area (Å²) in [6, 6.07) is 0. The normalized spacial score (nSPS) is 22.4. The number of hydrogen-bond donors (Lipinski definition) is 0. The molecule has 0 atom stereocenters. The average Bonchev–Trinajstić information content (AvgIpc) is 1.76. The molecule has 1 heterocycles. The Morgan fingerprint density at radius 2 is 1.80 bits per heavy atom. The minimum absolute atomic E-state index is 1.43. The maximum absolute atomic E-state index is 2.14. The molecule has 1 radical (unpaired) electrons. The minimum atomic E-state index is 1.43. The van der Waals surface area contributed by atoms with Crippen LogP contribution >= 0.6 is 15.8 Å². The first kappa shape index (κ1) is 3.59. The molecule has 1 aliphatic rings. The Labute approximate surface area is 35.3 Å². The largest absolute Gasteiger partial charge is 0.184 e. The Kier molecular flexibility index (Phi) is 1.26. The fraction of sp³-hybridized carbons (Fsp3) is 0. The van der Waals surface area contributed by atoms with E-state index in [4.69, 9.17) is 0 Å². The van der Waals surface area contributed by atoms with E-state index in [-0.39, 0.29) is 0 Å². The summed E-state index contributed by atoms with van der Waals surface area (Å²) in [5, 5.41) is 0. The Morgan fingerprint density at radius 1 is 1.20 bits per heavy atom. The van der Waals surface area contributed by atoms with Crippen LogP contribution in [0.3, 0.4) is 0 Å². The molecule has 0 bridgehead atoms. The molecule has 0 amide bonds. The second-order valence-corrected chi connectivity index (χ2v) is 3.17. The summed E-state index contributed by atoms with van der Waals surface area (Å²) in [6.45, 7) is 0. The van der Waals surface area contributed by atoms with E-state index in [1.165, 1.54) is 15.8 Å². The molecule has 0 N–H and O–H groups in total. The second kappa shape index (κ2) is 1.75. The van der Waals surface area contributed by atoms with Gasteiger partial charge < -0.3 is 0 Å². The van der Waals surface area contributed by atoms with E-state index < -0.39 is 0 Å². The summed E-state index contributed by atoms with van der Waals surface area (Å²) in [4.78, 5) is 0. The summed E-state index contributed by atoms with van der Waals surface area (Å²) in [6.07, 6.45) is 0. The molecule has 0 aromatic heterocycles. The fourth-order valence-corrected chi connectivity index (χ4v) is 1.73. The van der Waals surface area contributed by atoms with Gasteiger partial charge in [-0.1, -0.05) is 27.2 Å². The van der Waals surface area contributed by atoms with Gasteiger partial charge in [0.05, 0.1) is 0 Å². The molecule has 1 aliphatic heterocycles. The molecule has 0 saturated carbocycles. The first-order valence-corrected chi connectivity index (χ1v) is 4.02.